The Bertz CT molecular complexity index is 1470. The Balaban J connectivity index is 1.40. The lowest BCUT2D eigenvalue weighted by molar-refractivity contribution is -0.138. The molecule has 2 amide bonds. The van der Waals surface area contributed by atoms with Gasteiger partial charge in [0, 0.05) is 29.9 Å². The maximum absolute atomic E-state index is 14.0. The molecule has 0 spiro atoms. The lowest BCUT2D eigenvalue weighted by Crippen LogP contribution is -2.34. The molecule has 5 rings (SSSR count). The van der Waals surface area contributed by atoms with Crippen LogP contribution in [0.4, 0.5) is 34.0 Å². The summed E-state index contributed by atoms with van der Waals surface area (Å²) >= 11 is 0. The molecule has 1 atom stereocenters. The molecule has 4 aromatic rings. The topological polar surface area (TPSA) is 111 Å². The number of rotatable bonds is 3. The molecule has 3 N–H and O–H groups in total. The second-order valence-electron chi connectivity index (χ2n) is 8.21. The van der Waals surface area contributed by atoms with Crippen molar-refractivity contribution in [3.8, 4) is 11.1 Å². The number of nitrogens with two attached hydrogens (primary N) is 1. The van der Waals surface area contributed by atoms with Crippen molar-refractivity contribution >= 4 is 23.3 Å². The zero-order valence-electron chi connectivity index (χ0n) is 18.8. The molecular weight excluding hydrogens is 482 g/mol. The average Bonchev–Trinajstić information content (AvgIpc) is 3.45. The number of carbonyl (C=O) groups excluding carboxylic acids is 1. The number of hydrogen-bond acceptors (Lipinski definition) is 6. The van der Waals surface area contributed by atoms with Crippen LogP contribution >= 0.6 is 0 Å². The number of urea groups is 1. The van der Waals surface area contributed by atoms with Crippen LogP contribution in [0.2, 0.25) is 0 Å². The number of carbonyl (C=O) groups is 1. The first-order chi connectivity index (χ1) is 17.1. The number of fused-ring (bicyclic) bond motifs is 1. The maximum Gasteiger partial charge on any atom is 0.416 e. The maximum atomic E-state index is 14.0. The van der Waals surface area contributed by atoms with Gasteiger partial charge >= 0.3 is 12.2 Å². The van der Waals surface area contributed by atoms with E-state index in [0.717, 1.165) is 22.8 Å². The summed E-state index contributed by atoms with van der Waals surface area (Å²) in [6.45, 7) is 1.76. The number of anilines is 2. The fourth-order valence-electron chi connectivity index (χ4n) is 4.00. The number of alkyl halides is 3. The first-order valence-corrected chi connectivity index (χ1v) is 10.8. The Labute approximate surface area is 201 Å². The van der Waals surface area contributed by atoms with Crippen LogP contribution in [0.1, 0.15) is 29.3 Å². The van der Waals surface area contributed by atoms with Crippen LogP contribution < -0.4 is 11.1 Å². The molecule has 1 aliphatic heterocycles. The molecule has 1 aliphatic rings. The Morgan fingerprint density at radius 1 is 1.19 bits per heavy atom. The minimum atomic E-state index is -4.73. The molecule has 1 saturated heterocycles. The van der Waals surface area contributed by atoms with E-state index in [1.54, 1.807) is 37.5 Å². The number of benzene rings is 1. The molecule has 36 heavy (non-hydrogen) atoms. The van der Waals surface area contributed by atoms with Crippen molar-refractivity contribution in [2.24, 2.45) is 0 Å². The van der Waals surface area contributed by atoms with Crippen molar-refractivity contribution in [2.45, 2.75) is 25.6 Å². The number of hydrogen-bond donors (Lipinski definition) is 2. The van der Waals surface area contributed by atoms with Gasteiger partial charge in [-0.3, -0.25) is 9.82 Å². The summed E-state index contributed by atoms with van der Waals surface area (Å²) in [7, 11) is 0. The second kappa shape index (κ2) is 8.75. The predicted octanol–water partition coefficient (Wildman–Crippen LogP) is 4.75. The van der Waals surface area contributed by atoms with Crippen molar-refractivity contribution in [3.63, 3.8) is 0 Å². The van der Waals surface area contributed by atoms with Crippen LogP contribution in [0.25, 0.3) is 16.8 Å². The Kier molecular flexibility index (Phi) is 5.71. The van der Waals surface area contributed by atoms with Gasteiger partial charge in [-0.25, -0.2) is 13.7 Å². The lowest BCUT2D eigenvalue weighted by Gasteiger charge is -2.24. The third-order valence-corrected chi connectivity index (χ3v) is 5.75. The van der Waals surface area contributed by atoms with Gasteiger partial charge in [-0.2, -0.15) is 23.2 Å². The van der Waals surface area contributed by atoms with E-state index in [0.29, 0.717) is 28.7 Å². The van der Waals surface area contributed by atoms with Gasteiger partial charge in [0.15, 0.2) is 5.65 Å². The predicted molar refractivity (Wildman–Crippen MR) is 121 cm³/mol. The fraction of sp³-hybridized carbons (Fsp3) is 0.217. The number of halogens is 4. The third-order valence-electron chi connectivity index (χ3n) is 5.75. The van der Waals surface area contributed by atoms with Crippen molar-refractivity contribution in [2.75, 3.05) is 17.7 Å². The monoisotopic (exact) mass is 501 g/mol. The summed E-state index contributed by atoms with van der Waals surface area (Å²) in [5, 5.41) is 7.69. The minimum Gasteiger partial charge on any atom is -0.366 e. The molecule has 3 aromatic heterocycles. The van der Waals surface area contributed by atoms with Gasteiger partial charge in [-0.05, 0) is 48.9 Å². The fourth-order valence-corrected chi connectivity index (χ4v) is 4.00. The lowest BCUT2D eigenvalue weighted by atomic mass is 10.0. The van der Waals surface area contributed by atoms with Crippen molar-refractivity contribution < 1.29 is 27.2 Å². The molecule has 0 aliphatic carbocycles. The Hall–Kier alpha value is -4.26. The van der Waals surface area contributed by atoms with Gasteiger partial charge in [-0.15, -0.1) is 5.10 Å². The van der Waals surface area contributed by atoms with Gasteiger partial charge in [0.2, 0.25) is 5.95 Å². The van der Waals surface area contributed by atoms with Gasteiger partial charge < -0.3 is 11.1 Å². The summed E-state index contributed by atoms with van der Waals surface area (Å²) in [5.74, 6) is -0.922. The smallest absolute Gasteiger partial charge is 0.366 e. The number of aromatic nitrogens is 4. The zero-order chi connectivity index (χ0) is 25.6. The molecule has 1 aromatic carbocycles. The number of nitrogens with zero attached hydrogens (tertiary/aromatic N) is 5. The molecular formula is C23H19F4N7O2. The summed E-state index contributed by atoms with van der Waals surface area (Å²) in [5.41, 5.74) is 7.29. The molecule has 186 valence electrons. The zero-order valence-corrected chi connectivity index (χ0v) is 18.8. The molecule has 1 fully saturated rings. The third kappa shape index (κ3) is 4.52. The Morgan fingerprint density at radius 3 is 2.78 bits per heavy atom. The molecule has 13 heteroatoms. The van der Waals surface area contributed by atoms with Gasteiger partial charge in [0.25, 0.3) is 0 Å². The quantitative estimate of drug-likeness (QED) is 0.392. The van der Waals surface area contributed by atoms with Gasteiger partial charge in [0.1, 0.15) is 5.82 Å². The van der Waals surface area contributed by atoms with E-state index >= 15 is 0 Å². The van der Waals surface area contributed by atoms with E-state index in [9.17, 15) is 22.4 Å². The molecule has 9 nitrogen and oxygen atoms in total. The normalized spacial score (nSPS) is 16.0. The molecule has 0 bridgehead atoms. The molecule has 0 saturated carbocycles. The number of nitrogen functional groups attached to an aromatic ring is 1. The van der Waals surface area contributed by atoms with E-state index in [1.165, 1.54) is 4.52 Å². The van der Waals surface area contributed by atoms with E-state index in [4.69, 9.17) is 10.6 Å². The largest absolute Gasteiger partial charge is 0.416 e. The van der Waals surface area contributed by atoms with Crippen LogP contribution in [0, 0.1) is 12.7 Å². The van der Waals surface area contributed by atoms with E-state index in [1.807, 2.05) is 0 Å². The number of amides is 2. The number of pyridine rings is 2. The number of hydroxylamine groups is 2. The minimum absolute atomic E-state index is 0.0148. The van der Waals surface area contributed by atoms with Crippen LogP contribution in [0.5, 0.6) is 0 Å². The summed E-state index contributed by atoms with van der Waals surface area (Å²) in [4.78, 5) is 26.8. The SMILES string of the molecule is Cc1ncc(-c2ccc3nc(N)nn3c2)cc1NC(=O)N1OCC[C@H]1c1cc(F)cc(C(F)(F)F)c1. The van der Waals surface area contributed by atoms with Crippen molar-refractivity contribution in [3.05, 3.63) is 71.4 Å². The van der Waals surface area contributed by atoms with E-state index in [2.05, 4.69) is 20.4 Å². The highest BCUT2D eigenvalue weighted by Gasteiger charge is 2.36. The highest BCUT2D eigenvalue weighted by molar-refractivity contribution is 5.90. The van der Waals surface area contributed by atoms with E-state index in [-0.39, 0.29) is 24.5 Å². The second-order valence-corrected chi connectivity index (χ2v) is 8.21. The van der Waals surface area contributed by atoms with E-state index < -0.39 is 29.6 Å². The first-order valence-electron chi connectivity index (χ1n) is 10.8. The highest BCUT2D eigenvalue weighted by Crippen LogP contribution is 2.36. The first kappa shape index (κ1) is 23.5. The van der Waals surface area contributed by atoms with Gasteiger partial charge in [0.05, 0.1) is 29.6 Å². The summed E-state index contributed by atoms with van der Waals surface area (Å²) in [6, 6.07) is 5.79. The summed E-state index contributed by atoms with van der Waals surface area (Å²) < 4.78 is 55.0. The van der Waals surface area contributed by atoms with Crippen LogP contribution in [-0.2, 0) is 11.0 Å². The van der Waals surface area contributed by atoms with Gasteiger partial charge in [-0.1, -0.05) is 0 Å². The van der Waals surface area contributed by atoms with Crippen LogP contribution in [0.15, 0.2) is 48.8 Å². The highest BCUT2D eigenvalue weighted by atomic mass is 19.4. The van der Waals surface area contributed by atoms with Crippen molar-refractivity contribution in [1.29, 1.82) is 0 Å². The Morgan fingerprint density at radius 2 is 2.00 bits per heavy atom. The van der Waals surface area contributed by atoms with Crippen LogP contribution in [0.3, 0.4) is 0 Å². The average molecular weight is 501 g/mol. The molecule has 0 unspecified atom stereocenters. The number of nitrogens with one attached hydrogen (secondary N) is 1. The number of aryl methyl sites for hydroxylation is 1. The molecule has 4 heterocycles. The van der Waals surface area contributed by atoms with Crippen molar-refractivity contribution in [1.82, 2.24) is 24.6 Å². The van der Waals surface area contributed by atoms with Crippen LogP contribution in [-0.4, -0.2) is 37.3 Å². The molecule has 0 radical (unpaired) electrons. The standard InChI is InChI=1S/C23H19F4N7O2/c1-12-18(8-15(10-29-12)13-2-3-20-31-21(28)32-33(20)11-13)30-22(35)34-19(4-5-36-34)14-6-16(23(25,26)27)9-17(24)7-14/h2-3,6-11,19H,4-5H2,1H3,(H2,28,32)(H,30,35)/t19-/m0/s1. The summed E-state index contributed by atoms with van der Waals surface area (Å²) in [6.07, 6.45) is -1.20.